The Hall–Kier alpha value is -1.47. The van der Waals surface area contributed by atoms with Crippen molar-refractivity contribution in [2.24, 2.45) is 0 Å². The smallest absolute Gasteiger partial charge is 0.0111 e. The average Bonchev–Trinajstić information content (AvgIpc) is 2.49. The molecule has 0 N–H and O–H groups in total. The molecule has 0 spiro atoms. The largest absolute Gasteiger partial charge is 0.126 e. The van der Waals surface area contributed by atoms with Crippen molar-refractivity contribution in [3.8, 4) is 0 Å². The van der Waals surface area contributed by atoms with Crippen LogP contribution in [0.15, 0.2) is 66.7 Å². The first kappa shape index (κ1) is 11.6. The van der Waals surface area contributed by atoms with Gasteiger partial charge in [0.15, 0.2) is 0 Å². The van der Waals surface area contributed by atoms with E-state index in [9.17, 15) is 0 Å². The summed E-state index contributed by atoms with van der Waals surface area (Å²) in [6.07, 6.45) is 3.67. The summed E-state index contributed by atoms with van der Waals surface area (Å²) >= 11 is 1.98. The van der Waals surface area contributed by atoms with Crippen LogP contribution in [-0.4, -0.2) is 5.75 Å². The van der Waals surface area contributed by atoms with Crippen LogP contribution in [0.3, 0.4) is 0 Å². The topological polar surface area (TPSA) is 0 Å². The summed E-state index contributed by atoms with van der Waals surface area (Å²) in [6, 6.07) is 21.5. The minimum atomic E-state index is 0.572. The summed E-state index contributed by atoms with van der Waals surface area (Å²) in [5.41, 5.74) is 2.79. The van der Waals surface area contributed by atoms with Gasteiger partial charge < -0.3 is 0 Å². The second-order valence-corrected chi connectivity index (χ2v) is 5.69. The van der Waals surface area contributed by atoms with E-state index < -0.39 is 0 Å². The highest BCUT2D eigenvalue weighted by Crippen LogP contribution is 2.38. The number of allylic oxidation sites excluding steroid dienone is 1. The average molecular weight is 252 g/mol. The Morgan fingerprint density at radius 2 is 1.50 bits per heavy atom. The van der Waals surface area contributed by atoms with Crippen LogP contribution in [0.25, 0.3) is 4.91 Å². The molecule has 3 rings (SSSR count). The van der Waals surface area contributed by atoms with Crippen LogP contribution in [0.5, 0.6) is 0 Å². The molecule has 1 atom stereocenters. The van der Waals surface area contributed by atoms with Gasteiger partial charge in [0.1, 0.15) is 0 Å². The van der Waals surface area contributed by atoms with E-state index in [0.29, 0.717) is 5.92 Å². The standard InChI is InChI=1S/C17H16S/c1-3-7-14(8-4-1)16-11-12-18-17(13-16)15-9-5-2-6-10-15/h1-10,13,16H,11-12H2. The fraction of sp³-hybridized carbons (Fsp3) is 0.176. The minimum Gasteiger partial charge on any atom is -0.126 e. The number of thioether (sulfide) groups is 1. The van der Waals surface area contributed by atoms with Crippen molar-refractivity contribution < 1.29 is 0 Å². The van der Waals surface area contributed by atoms with E-state index in [4.69, 9.17) is 0 Å². The molecule has 18 heavy (non-hydrogen) atoms. The molecule has 0 fully saturated rings. The molecule has 2 aromatic rings. The van der Waals surface area contributed by atoms with Crippen molar-refractivity contribution in [1.82, 2.24) is 0 Å². The first-order valence-electron chi connectivity index (χ1n) is 6.38. The maximum absolute atomic E-state index is 2.43. The number of hydrogen-bond acceptors (Lipinski definition) is 1. The molecular formula is C17H16S. The predicted octanol–water partition coefficient (Wildman–Crippen LogP) is 4.95. The van der Waals surface area contributed by atoms with Gasteiger partial charge in [0.25, 0.3) is 0 Å². The zero-order valence-corrected chi connectivity index (χ0v) is 11.1. The molecule has 90 valence electrons. The molecule has 2 aromatic carbocycles. The Kier molecular flexibility index (Phi) is 3.51. The molecule has 1 heteroatoms. The van der Waals surface area contributed by atoms with Gasteiger partial charge in [-0.15, -0.1) is 11.8 Å². The van der Waals surface area contributed by atoms with Crippen molar-refractivity contribution in [2.45, 2.75) is 12.3 Å². The van der Waals surface area contributed by atoms with Gasteiger partial charge in [0.05, 0.1) is 0 Å². The van der Waals surface area contributed by atoms with Crippen LogP contribution in [0.1, 0.15) is 23.5 Å². The van der Waals surface area contributed by atoms with E-state index in [1.54, 1.807) is 0 Å². The first-order valence-corrected chi connectivity index (χ1v) is 7.37. The molecule has 1 heterocycles. The lowest BCUT2D eigenvalue weighted by Gasteiger charge is -2.21. The molecule has 1 unspecified atom stereocenters. The molecule has 1 aliphatic heterocycles. The number of rotatable bonds is 2. The van der Waals surface area contributed by atoms with Crippen LogP contribution in [0, 0.1) is 0 Å². The predicted molar refractivity (Wildman–Crippen MR) is 80.7 cm³/mol. The highest BCUT2D eigenvalue weighted by Gasteiger charge is 2.16. The monoisotopic (exact) mass is 252 g/mol. The maximum atomic E-state index is 2.43. The van der Waals surface area contributed by atoms with Crippen molar-refractivity contribution in [2.75, 3.05) is 5.75 Å². The highest BCUT2D eigenvalue weighted by atomic mass is 32.2. The summed E-state index contributed by atoms with van der Waals surface area (Å²) in [7, 11) is 0. The van der Waals surface area contributed by atoms with Gasteiger partial charge in [-0.2, -0.15) is 0 Å². The lowest BCUT2D eigenvalue weighted by molar-refractivity contribution is 0.812. The Balaban J connectivity index is 1.91. The van der Waals surface area contributed by atoms with Gasteiger partial charge in [-0.05, 0) is 23.3 Å². The Morgan fingerprint density at radius 1 is 0.833 bits per heavy atom. The molecule has 0 amide bonds. The SMILES string of the molecule is C1=C(c2ccccc2)SCCC1c1ccccc1. The normalized spacial score (nSPS) is 19.3. The summed E-state index contributed by atoms with van der Waals surface area (Å²) in [6.45, 7) is 0. The van der Waals surface area contributed by atoms with Gasteiger partial charge >= 0.3 is 0 Å². The van der Waals surface area contributed by atoms with Gasteiger partial charge in [-0.1, -0.05) is 66.7 Å². The van der Waals surface area contributed by atoms with Gasteiger partial charge in [-0.25, -0.2) is 0 Å². The van der Waals surface area contributed by atoms with E-state index in [2.05, 4.69) is 66.7 Å². The summed E-state index contributed by atoms with van der Waals surface area (Å²) < 4.78 is 0. The summed E-state index contributed by atoms with van der Waals surface area (Å²) in [5, 5.41) is 0. The van der Waals surface area contributed by atoms with E-state index in [0.717, 1.165) is 0 Å². The maximum Gasteiger partial charge on any atom is 0.0111 e. The van der Waals surface area contributed by atoms with Crippen molar-refractivity contribution in [3.05, 3.63) is 77.9 Å². The lowest BCUT2D eigenvalue weighted by Crippen LogP contribution is -2.02. The van der Waals surface area contributed by atoms with Crippen LogP contribution in [0.4, 0.5) is 0 Å². The minimum absolute atomic E-state index is 0.572. The molecule has 0 saturated heterocycles. The quantitative estimate of drug-likeness (QED) is 0.729. The van der Waals surface area contributed by atoms with Crippen LogP contribution >= 0.6 is 11.8 Å². The molecule has 0 radical (unpaired) electrons. The molecule has 0 nitrogen and oxygen atoms in total. The van der Waals surface area contributed by atoms with Gasteiger partial charge in [-0.3, -0.25) is 0 Å². The fourth-order valence-electron chi connectivity index (χ4n) is 2.36. The Bertz CT molecular complexity index is 528. The molecule has 0 aliphatic carbocycles. The second-order valence-electron chi connectivity index (χ2n) is 4.55. The number of hydrogen-bond donors (Lipinski definition) is 0. The number of benzene rings is 2. The molecule has 1 aliphatic rings. The lowest BCUT2D eigenvalue weighted by atomic mass is 9.95. The zero-order chi connectivity index (χ0) is 12.2. The van der Waals surface area contributed by atoms with E-state index in [1.165, 1.54) is 28.2 Å². The summed E-state index contributed by atoms with van der Waals surface area (Å²) in [5.74, 6) is 1.78. The first-order chi connectivity index (χ1) is 8.93. The van der Waals surface area contributed by atoms with Crippen molar-refractivity contribution in [1.29, 1.82) is 0 Å². The van der Waals surface area contributed by atoms with Gasteiger partial charge in [0.2, 0.25) is 0 Å². The zero-order valence-electron chi connectivity index (χ0n) is 10.3. The van der Waals surface area contributed by atoms with Crippen LogP contribution in [-0.2, 0) is 0 Å². The molecule has 0 saturated carbocycles. The van der Waals surface area contributed by atoms with Gasteiger partial charge in [0, 0.05) is 10.8 Å². The fourth-order valence-corrected chi connectivity index (χ4v) is 3.51. The second kappa shape index (κ2) is 5.45. The van der Waals surface area contributed by atoms with E-state index in [1.807, 2.05) is 11.8 Å². The molecule has 0 bridgehead atoms. The van der Waals surface area contributed by atoms with E-state index >= 15 is 0 Å². The van der Waals surface area contributed by atoms with Crippen LogP contribution in [0.2, 0.25) is 0 Å². The molecule has 0 aromatic heterocycles. The Labute approximate surface area is 113 Å². The third-order valence-electron chi connectivity index (χ3n) is 3.33. The summed E-state index contributed by atoms with van der Waals surface area (Å²) in [4.78, 5) is 1.43. The molecular weight excluding hydrogens is 236 g/mol. The van der Waals surface area contributed by atoms with Crippen molar-refractivity contribution in [3.63, 3.8) is 0 Å². The van der Waals surface area contributed by atoms with E-state index in [-0.39, 0.29) is 0 Å². The Morgan fingerprint density at radius 3 is 2.22 bits per heavy atom. The third kappa shape index (κ3) is 2.51. The highest BCUT2D eigenvalue weighted by molar-refractivity contribution is 8.08. The van der Waals surface area contributed by atoms with Crippen LogP contribution < -0.4 is 0 Å². The van der Waals surface area contributed by atoms with Crippen molar-refractivity contribution >= 4 is 16.7 Å². The third-order valence-corrected chi connectivity index (χ3v) is 4.45.